The first-order valence-corrected chi connectivity index (χ1v) is 13.9. The lowest BCUT2D eigenvalue weighted by Gasteiger charge is -2.42. The van der Waals surface area contributed by atoms with Crippen LogP contribution in [-0.4, -0.2) is 63.7 Å². The second kappa shape index (κ2) is 11.2. The van der Waals surface area contributed by atoms with Crippen molar-refractivity contribution in [3.05, 3.63) is 106 Å². The number of nitrogens with zero attached hydrogens (tertiary/aromatic N) is 2. The molecule has 8 nitrogen and oxygen atoms in total. The van der Waals surface area contributed by atoms with E-state index in [1.807, 2.05) is 48.5 Å². The highest BCUT2D eigenvalue weighted by molar-refractivity contribution is 6.21. The van der Waals surface area contributed by atoms with E-state index in [0.29, 0.717) is 24.2 Å². The number of likely N-dealkylation sites (tertiary alicyclic amines) is 1. The number of carbonyl (C=O) groups is 2. The van der Waals surface area contributed by atoms with Gasteiger partial charge in [0.15, 0.2) is 6.29 Å². The summed E-state index contributed by atoms with van der Waals surface area (Å²) in [5, 5.41) is 19.5. The minimum Gasteiger partial charge on any atom is -0.392 e. The van der Waals surface area contributed by atoms with Crippen LogP contribution < -0.4 is 0 Å². The highest BCUT2D eigenvalue weighted by Gasteiger charge is 2.40. The fourth-order valence-electron chi connectivity index (χ4n) is 5.91. The van der Waals surface area contributed by atoms with Gasteiger partial charge in [-0.15, -0.1) is 0 Å². The van der Waals surface area contributed by atoms with Crippen LogP contribution in [0.15, 0.2) is 72.8 Å². The van der Waals surface area contributed by atoms with Crippen molar-refractivity contribution in [1.82, 2.24) is 9.80 Å². The van der Waals surface area contributed by atoms with Gasteiger partial charge in [0, 0.05) is 31.1 Å². The number of fused-ring (bicyclic) bond motifs is 1. The number of hydrogen-bond acceptors (Lipinski definition) is 7. The number of β-amino-alcohol motifs (C(OH)–C–C–N with tert-alkyl or cyclic N) is 1. The van der Waals surface area contributed by atoms with Gasteiger partial charge in [0.1, 0.15) is 0 Å². The fourth-order valence-corrected chi connectivity index (χ4v) is 5.91. The molecule has 2 amide bonds. The first-order valence-electron chi connectivity index (χ1n) is 13.9. The number of carbonyl (C=O) groups excluding carboxylic acids is 2. The molecular formula is C32H34N2O6. The van der Waals surface area contributed by atoms with Gasteiger partial charge in [-0.1, -0.05) is 67.6 Å². The Morgan fingerprint density at radius 1 is 0.850 bits per heavy atom. The summed E-state index contributed by atoms with van der Waals surface area (Å²) in [6.07, 6.45) is -0.486. The molecule has 3 aliphatic rings. The Balaban J connectivity index is 1.21. The van der Waals surface area contributed by atoms with Gasteiger partial charge in [0.2, 0.25) is 0 Å². The molecule has 2 N–H and O–H groups in total. The summed E-state index contributed by atoms with van der Waals surface area (Å²) in [5.74, 6) is -0.493. The third-order valence-corrected chi connectivity index (χ3v) is 8.28. The zero-order chi connectivity index (χ0) is 27.8. The molecule has 3 aliphatic heterocycles. The Hall–Kier alpha value is -3.40. The third kappa shape index (κ3) is 5.21. The van der Waals surface area contributed by atoms with E-state index in [0.717, 1.165) is 35.2 Å². The maximum absolute atomic E-state index is 12.8. The Labute approximate surface area is 233 Å². The van der Waals surface area contributed by atoms with E-state index < -0.39 is 6.29 Å². The van der Waals surface area contributed by atoms with E-state index >= 15 is 0 Å². The number of amides is 2. The Kier molecular flexibility index (Phi) is 7.53. The predicted molar refractivity (Wildman–Crippen MR) is 147 cm³/mol. The van der Waals surface area contributed by atoms with Crippen molar-refractivity contribution in [3.63, 3.8) is 0 Å². The van der Waals surface area contributed by atoms with Crippen molar-refractivity contribution in [1.29, 1.82) is 0 Å². The fraction of sp³-hybridized carbons (Fsp3) is 0.375. The highest BCUT2D eigenvalue weighted by Crippen LogP contribution is 2.42. The van der Waals surface area contributed by atoms with Crippen LogP contribution in [0.4, 0.5) is 0 Å². The lowest BCUT2D eigenvalue weighted by molar-refractivity contribution is -0.276. The van der Waals surface area contributed by atoms with E-state index in [2.05, 4.69) is 11.8 Å². The molecule has 0 bridgehead atoms. The number of rotatable bonds is 7. The zero-order valence-corrected chi connectivity index (χ0v) is 22.5. The van der Waals surface area contributed by atoms with Crippen LogP contribution in [0.2, 0.25) is 0 Å². The minimum absolute atomic E-state index is 0.0138. The Bertz CT molecular complexity index is 1340. The minimum atomic E-state index is -0.607. The predicted octanol–water partition coefficient (Wildman–Crippen LogP) is 3.83. The molecule has 0 radical (unpaired) electrons. The molecule has 208 valence electrons. The quantitative estimate of drug-likeness (QED) is 0.438. The molecule has 3 heterocycles. The molecule has 2 saturated heterocycles. The maximum Gasteiger partial charge on any atom is 0.261 e. The second-order valence-corrected chi connectivity index (χ2v) is 11.0. The van der Waals surface area contributed by atoms with Crippen molar-refractivity contribution in [2.75, 3.05) is 19.6 Å². The monoisotopic (exact) mass is 542 g/mol. The molecule has 6 rings (SSSR count). The van der Waals surface area contributed by atoms with Crippen LogP contribution in [0.1, 0.15) is 68.7 Å². The number of ether oxygens (including phenoxy) is 2. The van der Waals surface area contributed by atoms with E-state index in [4.69, 9.17) is 9.47 Å². The standard InChI is InChI=1S/C32H34N2O6/c1-20-28(18-33-15-14-25(36)17-33)39-32(40-29(20)23-10-8-22(19-35)9-11-23)24-12-6-21(7-13-24)16-34-30(37)26-4-2-3-5-27(26)31(34)38/h2-13,20,25,28-29,32,35-36H,14-19H2,1H3/t20-,25-,28+,29+,32+/m0/s1. The molecule has 0 aromatic heterocycles. The summed E-state index contributed by atoms with van der Waals surface area (Å²) in [6.45, 7) is 4.47. The topological polar surface area (TPSA) is 99.5 Å². The Morgan fingerprint density at radius 3 is 2.08 bits per heavy atom. The van der Waals surface area contributed by atoms with Crippen molar-refractivity contribution < 1.29 is 29.3 Å². The molecule has 5 atom stereocenters. The summed E-state index contributed by atoms with van der Waals surface area (Å²) in [6, 6.07) is 22.4. The van der Waals surface area contributed by atoms with Crippen LogP contribution >= 0.6 is 0 Å². The normalized spacial score (nSPS) is 26.9. The van der Waals surface area contributed by atoms with E-state index in [1.54, 1.807) is 24.3 Å². The van der Waals surface area contributed by atoms with Gasteiger partial charge in [-0.2, -0.15) is 0 Å². The zero-order valence-electron chi connectivity index (χ0n) is 22.5. The summed E-state index contributed by atoms with van der Waals surface area (Å²) >= 11 is 0. The average molecular weight is 543 g/mol. The van der Waals surface area contributed by atoms with Crippen molar-refractivity contribution in [2.45, 2.75) is 51.1 Å². The van der Waals surface area contributed by atoms with E-state index in [-0.39, 0.29) is 49.2 Å². The molecule has 2 fully saturated rings. The molecule has 0 unspecified atom stereocenters. The van der Waals surface area contributed by atoms with Crippen LogP contribution in [0, 0.1) is 5.92 Å². The molecule has 3 aromatic rings. The summed E-state index contributed by atoms with van der Waals surface area (Å²) in [4.78, 5) is 29.1. The molecule has 0 aliphatic carbocycles. The lowest BCUT2D eigenvalue weighted by atomic mass is 9.90. The number of aliphatic hydroxyl groups excluding tert-OH is 2. The third-order valence-electron chi connectivity index (χ3n) is 8.28. The second-order valence-electron chi connectivity index (χ2n) is 11.0. The highest BCUT2D eigenvalue weighted by atomic mass is 16.7. The molecule has 8 heteroatoms. The number of hydrogen-bond donors (Lipinski definition) is 2. The SMILES string of the molecule is C[C@H]1[C@@H](CN2CC[C@H](O)C2)O[C@@H](c2ccc(CN3C(=O)c4ccccc4C3=O)cc2)O[C@H]1c1ccc(CO)cc1. The van der Waals surface area contributed by atoms with Crippen molar-refractivity contribution in [3.8, 4) is 0 Å². The summed E-state index contributed by atoms with van der Waals surface area (Å²) < 4.78 is 13.1. The van der Waals surface area contributed by atoms with Gasteiger partial charge in [-0.3, -0.25) is 19.4 Å². The van der Waals surface area contributed by atoms with Gasteiger partial charge < -0.3 is 19.7 Å². The smallest absolute Gasteiger partial charge is 0.261 e. The van der Waals surface area contributed by atoms with E-state index in [9.17, 15) is 19.8 Å². The van der Waals surface area contributed by atoms with Crippen molar-refractivity contribution in [2.24, 2.45) is 5.92 Å². The molecule has 3 aromatic carbocycles. The van der Waals surface area contributed by atoms with Gasteiger partial charge in [0.25, 0.3) is 11.8 Å². The summed E-state index contributed by atoms with van der Waals surface area (Å²) in [5.41, 5.74) is 4.43. The summed E-state index contributed by atoms with van der Waals surface area (Å²) in [7, 11) is 0. The van der Waals surface area contributed by atoms with Crippen LogP contribution in [-0.2, 0) is 22.6 Å². The van der Waals surface area contributed by atoms with Crippen molar-refractivity contribution >= 4 is 11.8 Å². The van der Waals surface area contributed by atoms with Crippen LogP contribution in [0.25, 0.3) is 0 Å². The van der Waals surface area contributed by atoms with Gasteiger partial charge in [-0.05, 0) is 35.2 Å². The lowest BCUT2D eigenvalue weighted by Crippen LogP contribution is -2.44. The largest absolute Gasteiger partial charge is 0.392 e. The number of aliphatic hydroxyl groups is 2. The van der Waals surface area contributed by atoms with Crippen LogP contribution in [0.3, 0.4) is 0 Å². The number of benzene rings is 3. The van der Waals surface area contributed by atoms with E-state index in [1.165, 1.54) is 4.90 Å². The first-order chi connectivity index (χ1) is 19.4. The molecule has 40 heavy (non-hydrogen) atoms. The molecular weight excluding hydrogens is 508 g/mol. The molecule has 0 spiro atoms. The van der Waals surface area contributed by atoms with Gasteiger partial charge in [-0.25, -0.2) is 0 Å². The molecule has 0 saturated carbocycles. The van der Waals surface area contributed by atoms with Crippen LogP contribution in [0.5, 0.6) is 0 Å². The Morgan fingerprint density at radius 2 is 1.48 bits per heavy atom. The van der Waals surface area contributed by atoms with Gasteiger partial charge in [0.05, 0.1) is 42.6 Å². The number of imide groups is 1. The van der Waals surface area contributed by atoms with Gasteiger partial charge >= 0.3 is 0 Å². The first kappa shape index (κ1) is 26.8. The average Bonchev–Trinajstić information content (AvgIpc) is 3.50. The maximum atomic E-state index is 12.8.